The summed E-state index contributed by atoms with van der Waals surface area (Å²) >= 11 is 0. The van der Waals surface area contributed by atoms with E-state index in [1.54, 1.807) is 14.0 Å². The van der Waals surface area contributed by atoms with Crippen molar-refractivity contribution in [3.8, 4) is 0 Å². The fourth-order valence-corrected chi connectivity index (χ4v) is 1.30. The lowest BCUT2D eigenvalue weighted by atomic mass is 10.2. The molecule has 0 aliphatic heterocycles. The maximum atomic E-state index is 11.7. The van der Waals surface area contributed by atoms with Gasteiger partial charge in [0.1, 0.15) is 0 Å². The number of nitrogens with one attached hydrogen (secondary N) is 1. The molecule has 6 nitrogen and oxygen atoms in total. The number of carboxylic acid groups (broad SMARTS) is 1. The summed E-state index contributed by atoms with van der Waals surface area (Å²) in [6.07, 6.45) is 0. The van der Waals surface area contributed by atoms with Gasteiger partial charge in [-0.3, -0.25) is 4.79 Å². The Hall–Kier alpha value is -1.30. The first-order chi connectivity index (χ1) is 8.25. The molecule has 106 valence electrons. The van der Waals surface area contributed by atoms with E-state index in [0.717, 1.165) is 6.54 Å². The summed E-state index contributed by atoms with van der Waals surface area (Å²) in [7, 11) is 3.59. The first-order valence-electron chi connectivity index (χ1n) is 6.17. The Labute approximate surface area is 109 Å². The summed E-state index contributed by atoms with van der Waals surface area (Å²) in [6.45, 7) is 7.29. The lowest BCUT2D eigenvalue weighted by Crippen LogP contribution is -2.43. The molecule has 0 aliphatic rings. The van der Waals surface area contributed by atoms with Crippen molar-refractivity contribution in [1.82, 2.24) is 15.1 Å². The molecule has 0 radical (unpaired) electrons. The number of carbonyl (C=O) groups excluding carboxylic acids is 1. The SMILES string of the molecule is CC(CN(C)C(=O)NCCN(C)C(C)C)C(=O)O. The molecule has 0 aromatic rings. The zero-order chi connectivity index (χ0) is 14.3. The Balaban J connectivity index is 3.92. The van der Waals surface area contributed by atoms with E-state index in [9.17, 15) is 9.59 Å². The van der Waals surface area contributed by atoms with Crippen molar-refractivity contribution in [2.24, 2.45) is 5.92 Å². The fourth-order valence-electron chi connectivity index (χ4n) is 1.30. The molecule has 2 amide bonds. The average molecular weight is 259 g/mol. The molecule has 0 saturated heterocycles. The highest BCUT2D eigenvalue weighted by atomic mass is 16.4. The molecule has 0 aromatic heterocycles. The van der Waals surface area contributed by atoms with Crippen LogP contribution in [0.4, 0.5) is 4.79 Å². The molecule has 1 atom stereocenters. The number of amides is 2. The van der Waals surface area contributed by atoms with E-state index < -0.39 is 11.9 Å². The molecule has 2 N–H and O–H groups in total. The van der Waals surface area contributed by atoms with Crippen LogP contribution < -0.4 is 5.32 Å². The van der Waals surface area contributed by atoms with Crippen LogP contribution in [0.25, 0.3) is 0 Å². The van der Waals surface area contributed by atoms with Crippen molar-refractivity contribution in [2.75, 3.05) is 33.7 Å². The van der Waals surface area contributed by atoms with Gasteiger partial charge in [-0.05, 0) is 20.9 Å². The lowest BCUT2D eigenvalue weighted by molar-refractivity contribution is -0.141. The summed E-state index contributed by atoms with van der Waals surface area (Å²) in [5.74, 6) is -1.45. The van der Waals surface area contributed by atoms with E-state index in [1.165, 1.54) is 4.90 Å². The molecule has 0 fully saturated rings. The predicted octanol–water partition coefficient (Wildman–Crippen LogP) is 0.689. The van der Waals surface area contributed by atoms with Gasteiger partial charge in [-0.2, -0.15) is 0 Å². The molecular formula is C12H25N3O3. The number of aliphatic carboxylic acids is 1. The summed E-state index contributed by atoms with van der Waals surface area (Å²) in [5, 5.41) is 11.5. The molecule has 0 aromatic carbocycles. The predicted molar refractivity (Wildman–Crippen MR) is 70.6 cm³/mol. The van der Waals surface area contributed by atoms with E-state index in [1.807, 2.05) is 7.05 Å². The Bertz CT molecular complexity index is 282. The highest BCUT2D eigenvalue weighted by Crippen LogP contribution is 1.98. The summed E-state index contributed by atoms with van der Waals surface area (Å²) in [4.78, 5) is 25.8. The molecule has 0 spiro atoms. The molecular weight excluding hydrogens is 234 g/mol. The zero-order valence-corrected chi connectivity index (χ0v) is 11.9. The third kappa shape index (κ3) is 6.44. The first kappa shape index (κ1) is 16.7. The molecule has 0 rings (SSSR count). The van der Waals surface area contributed by atoms with Crippen LogP contribution in [0, 0.1) is 5.92 Å². The van der Waals surface area contributed by atoms with Crippen molar-refractivity contribution in [1.29, 1.82) is 0 Å². The average Bonchev–Trinajstić information content (AvgIpc) is 2.27. The number of hydrogen-bond donors (Lipinski definition) is 2. The molecule has 18 heavy (non-hydrogen) atoms. The van der Waals surface area contributed by atoms with Gasteiger partial charge in [0.15, 0.2) is 0 Å². The monoisotopic (exact) mass is 259 g/mol. The maximum absolute atomic E-state index is 11.7. The van der Waals surface area contributed by atoms with Gasteiger partial charge in [0, 0.05) is 32.7 Å². The van der Waals surface area contributed by atoms with Crippen molar-refractivity contribution in [3.05, 3.63) is 0 Å². The Morgan fingerprint density at radius 1 is 1.22 bits per heavy atom. The van der Waals surface area contributed by atoms with E-state index in [0.29, 0.717) is 12.6 Å². The third-order valence-electron chi connectivity index (χ3n) is 2.94. The normalized spacial score (nSPS) is 12.6. The highest BCUT2D eigenvalue weighted by molar-refractivity contribution is 5.75. The Morgan fingerprint density at radius 3 is 2.22 bits per heavy atom. The minimum absolute atomic E-state index is 0.210. The smallest absolute Gasteiger partial charge is 0.317 e. The number of nitrogens with zero attached hydrogens (tertiary/aromatic N) is 2. The van der Waals surface area contributed by atoms with Gasteiger partial charge in [0.05, 0.1) is 5.92 Å². The van der Waals surface area contributed by atoms with E-state index in [4.69, 9.17) is 5.11 Å². The largest absolute Gasteiger partial charge is 0.481 e. The van der Waals surface area contributed by atoms with Crippen molar-refractivity contribution >= 4 is 12.0 Å². The maximum Gasteiger partial charge on any atom is 0.317 e. The van der Waals surface area contributed by atoms with Crippen molar-refractivity contribution in [3.63, 3.8) is 0 Å². The molecule has 0 heterocycles. The summed E-state index contributed by atoms with van der Waals surface area (Å²) in [5.41, 5.74) is 0. The van der Waals surface area contributed by atoms with Crippen molar-refractivity contribution in [2.45, 2.75) is 26.8 Å². The molecule has 1 unspecified atom stereocenters. The van der Waals surface area contributed by atoms with Gasteiger partial charge in [-0.15, -0.1) is 0 Å². The number of urea groups is 1. The van der Waals surface area contributed by atoms with Crippen molar-refractivity contribution < 1.29 is 14.7 Å². The van der Waals surface area contributed by atoms with Gasteiger partial charge in [0.25, 0.3) is 0 Å². The quantitative estimate of drug-likeness (QED) is 0.705. The lowest BCUT2D eigenvalue weighted by Gasteiger charge is -2.23. The van der Waals surface area contributed by atoms with Crippen LogP contribution in [-0.4, -0.2) is 66.7 Å². The van der Waals surface area contributed by atoms with Gasteiger partial charge in [0.2, 0.25) is 0 Å². The minimum atomic E-state index is -0.894. The third-order valence-corrected chi connectivity index (χ3v) is 2.94. The second-order valence-corrected chi connectivity index (χ2v) is 4.93. The number of carboxylic acids is 1. The van der Waals surface area contributed by atoms with Crippen LogP contribution in [-0.2, 0) is 4.79 Å². The summed E-state index contributed by atoms with van der Waals surface area (Å²) in [6, 6.07) is 0.201. The molecule has 6 heteroatoms. The minimum Gasteiger partial charge on any atom is -0.481 e. The molecule has 0 bridgehead atoms. The number of likely N-dealkylation sites (N-methyl/N-ethyl adjacent to an activating group) is 1. The van der Waals surface area contributed by atoms with Crippen LogP contribution in [0.5, 0.6) is 0 Å². The zero-order valence-electron chi connectivity index (χ0n) is 11.9. The van der Waals surface area contributed by atoms with Gasteiger partial charge < -0.3 is 20.2 Å². The highest BCUT2D eigenvalue weighted by Gasteiger charge is 2.17. The van der Waals surface area contributed by atoms with Crippen LogP contribution in [0.1, 0.15) is 20.8 Å². The standard InChI is InChI=1S/C12H25N3O3/c1-9(2)14(4)7-6-13-12(18)15(5)8-10(3)11(16)17/h9-10H,6-8H2,1-5H3,(H,13,18)(H,16,17). The summed E-state index contributed by atoms with van der Waals surface area (Å²) < 4.78 is 0. The van der Waals surface area contributed by atoms with Crippen LogP contribution in [0.3, 0.4) is 0 Å². The van der Waals surface area contributed by atoms with Gasteiger partial charge in [-0.1, -0.05) is 6.92 Å². The Morgan fingerprint density at radius 2 is 1.78 bits per heavy atom. The van der Waals surface area contributed by atoms with Crippen LogP contribution >= 0.6 is 0 Å². The molecule has 0 aliphatic carbocycles. The first-order valence-corrected chi connectivity index (χ1v) is 6.17. The van der Waals surface area contributed by atoms with Gasteiger partial charge in [-0.25, -0.2) is 4.79 Å². The number of hydrogen-bond acceptors (Lipinski definition) is 3. The number of carbonyl (C=O) groups is 2. The molecule has 0 saturated carbocycles. The number of rotatable bonds is 7. The topological polar surface area (TPSA) is 72.9 Å². The van der Waals surface area contributed by atoms with Gasteiger partial charge >= 0.3 is 12.0 Å². The van der Waals surface area contributed by atoms with E-state index >= 15 is 0 Å². The second kappa shape index (κ2) is 7.92. The second-order valence-electron chi connectivity index (χ2n) is 4.93. The van der Waals surface area contributed by atoms with Crippen LogP contribution in [0.15, 0.2) is 0 Å². The van der Waals surface area contributed by atoms with E-state index in [-0.39, 0.29) is 12.6 Å². The fraction of sp³-hybridized carbons (Fsp3) is 0.833. The van der Waals surface area contributed by atoms with Crippen LogP contribution in [0.2, 0.25) is 0 Å². The van der Waals surface area contributed by atoms with E-state index in [2.05, 4.69) is 24.1 Å². The Kier molecular flexibility index (Phi) is 7.35.